The van der Waals surface area contributed by atoms with Crippen LogP contribution in [0.25, 0.3) is 0 Å². The molecule has 1 aromatic carbocycles. The molecule has 0 saturated carbocycles. The van der Waals surface area contributed by atoms with Crippen molar-refractivity contribution in [2.45, 2.75) is 6.92 Å². The number of hydrogen-bond acceptors (Lipinski definition) is 4. The van der Waals surface area contributed by atoms with Crippen LogP contribution < -0.4 is 0 Å². The first-order chi connectivity index (χ1) is 9.34. The Morgan fingerprint density at radius 1 is 1.05 bits per heavy atom. The summed E-state index contributed by atoms with van der Waals surface area (Å²) >= 11 is 0. The summed E-state index contributed by atoms with van der Waals surface area (Å²) in [6, 6.07) is 8.87. The smallest absolute Gasteiger partial charge is 0.338 e. The minimum Gasteiger partial charge on any atom is -0.460 e. The fraction of sp³-hybridized carbons (Fsp3) is 0.400. The van der Waals surface area contributed by atoms with Crippen molar-refractivity contribution in [1.82, 2.24) is 0 Å². The van der Waals surface area contributed by atoms with Crippen LogP contribution in [-0.4, -0.2) is 39.0 Å². The minimum atomic E-state index is -0.335. The van der Waals surface area contributed by atoms with Crippen LogP contribution in [0.3, 0.4) is 0 Å². The second kappa shape index (κ2) is 10.1. The molecular weight excluding hydrogens is 244 g/mol. The number of carbonyl (C=O) groups excluding carboxylic acids is 1. The van der Waals surface area contributed by atoms with Gasteiger partial charge in [0.15, 0.2) is 0 Å². The van der Waals surface area contributed by atoms with E-state index in [0.717, 1.165) is 0 Å². The fourth-order valence-corrected chi connectivity index (χ4v) is 1.27. The molecule has 0 saturated heterocycles. The first-order valence-corrected chi connectivity index (χ1v) is 6.12. The molecule has 0 atom stereocenters. The molecule has 0 N–H and O–H groups in total. The molecule has 102 valence electrons. The topological polar surface area (TPSA) is 44.8 Å². The lowest BCUT2D eigenvalue weighted by atomic mass is 10.2. The summed E-state index contributed by atoms with van der Waals surface area (Å²) in [7, 11) is 0. The lowest BCUT2D eigenvalue weighted by Crippen LogP contribution is -2.13. The predicted octanol–water partition coefficient (Wildman–Crippen LogP) is 1.90. The van der Waals surface area contributed by atoms with Gasteiger partial charge in [0.25, 0.3) is 0 Å². The van der Waals surface area contributed by atoms with Crippen LogP contribution in [0.15, 0.2) is 30.3 Å². The molecule has 19 heavy (non-hydrogen) atoms. The molecule has 0 aromatic heterocycles. The largest absolute Gasteiger partial charge is 0.460 e. The van der Waals surface area contributed by atoms with Gasteiger partial charge in [0.1, 0.15) is 13.2 Å². The minimum absolute atomic E-state index is 0.239. The molecule has 0 amide bonds. The summed E-state index contributed by atoms with van der Waals surface area (Å²) in [5.74, 6) is 5.19. The maximum atomic E-state index is 11.5. The van der Waals surface area contributed by atoms with Crippen LogP contribution in [0.1, 0.15) is 17.3 Å². The monoisotopic (exact) mass is 262 g/mol. The molecule has 0 fully saturated rings. The van der Waals surface area contributed by atoms with Gasteiger partial charge in [-0.05, 0) is 19.1 Å². The highest BCUT2D eigenvalue weighted by atomic mass is 16.6. The highest BCUT2D eigenvalue weighted by molar-refractivity contribution is 5.89. The Labute approximate surface area is 113 Å². The second-order valence-electron chi connectivity index (χ2n) is 3.59. The zero-order valence-electron chi connectivity index (χ0n) is 11.1. The van der Waals surface area contributed by atoms with Gasteiger partial charge in [0, 0.05) is 0 Å². The molecule has 4 nitrogen and oxygen atoms in total. The highest BCUT2D eigenvalue weighted by Crippen LogP contribution is 2.00. The Hall–Kier alpha value is -1.83. The van der Waals surface area contributed by atoms with Crippen LogP contribution in [0.5, 0.6) is 0 Å². The Morgan fingerprint density at radius 3 is 2.47 bits per heavy atom. The third-order valence-corrected chi connectivity index (χ3v) is 2.19. The summed E-state index contributed by atoms with van der Waals surface area (Å²) in [6.07, 6.45) is 0. The predicted molar refractivity (Wildman–Crippen MR) is 71.8 cm³/mol. The maximum Gasteiger partial charge on any atom is 0.338 e. The molecule has 0 aliphatic heterocycles. The van der Waals surface area contributed by atoms with Crippen molar-refractivity contribution in [3.63, 3.8) is 0 Å². The highest BCUT2D eigenvalue weighted by Gasteiger charge is 2.04. The number of benzene rings is 1. The zero-order valence-corrected chi connectivity index (χ0v) is 11.1. The fourth-order valence-electron chi connectivity index (χ4n) is 1.27. The van der Waals surface area contributed by atoms with Gasteiger partial charge in [-0.3, -0.25) is 0 Å². The molecule has 0 radical (unpaired) electrons. The van der Waals surface area contributed by atoms with E-state index in [2.05, 4.69) is 11.8 Å². The second-order valence-corrected chi connectivity index (χ2v) is 3.59. The molecular formula is C15H18O4. The molecule has 0 heterocycles. The number of hydrogen-bond donors (Lipinski definition) is 0. The molecule has 0 spiro atoms. The van der Waals surface area contributed by atoms with Crippen molar-refractivity contribution in [3.05, 3.63) is 35.9 Å². The van der Waals surface area contributed by atoms with Gasteiger partial charge in [0.2, 0.25) is 0 Å². The van der Waals surface area contributed by atoms with Crippen molar-refractivity contribution in [2.24, 2.45) is 0 Å². The normalized spacial score (nSPS) is 9.53. The standard InChI is InChI=1S/C15H18O4/c1-2-3-9-17-10-11-18-12-13-19-15(16)14-7-5-4-6-8-14/h4-8H,9-13H2,1H3. The van der Waals surface area contributed by atoms with Crippen molar-refractivity contribution in [1.29, 1.82) is 0 Å². The number of esters is 1. The Kier molecular flexibility index (Phi) is 8.12. The number of ether oxygens (including phenoxy) is 3. The van der Waals surface area contributed by atoms with E-state index in [1.165, 1.54) is 0 Å². The van der Waals surface area contributed by atoms with Crippen molar-refractivity contribution < 1.29 is 19.0 Å². The molecule has 0 bridgehead atoms. The summed E-state index contributed by atoms with van der Waals surface area (Å²) in [5.41, 5.74) is 0.545. The summed E-state index contributed by atoms with van der Waals surface area (Å²) < 4.78 is 15.5. The van der Waals surface area contributed by atoms with Crippen LogP contribution in [0, 0.1) is 11.8 Å². The lowest BCUT2D eigenvalue weighted by Gasteiger charge is -2.06. The molecule has 1 aromatic rings. The Morgan fingerprint density at radius 2 is 1.74 bits per heavy atom. The van der Waals surface area contributed by atoms with Gasteiger partial charge >= 0.3 is 5.97 Å². The van der Waals surface area contributed by atoms with Gasteiger partial charge in [0.05, 0.1) is 25.4 Å². The van der Waals surface area contributed by atoms with Crippen LogP contribution in [0.4, 0.5) is 0 Å². The Balaban J connectivity index is 1.99. The van der Waals surface area contributed by atoms with E-state index in [0.29, 0.717) is 32.0 Å². The van der Waals surface area contributed by atoms with Gasteiger partial charge in [-0.2, -0.15) is 0 Å². The van der Waals surface area contributed by atoms with E-state index in [9.17, 15) is 4.79 Å². The molecule has 1 rings (SSSR count). The average Bonchev–Trinajstić information content (AvgIpc) is 2.46. The first kappa shape index (κ1) is 15.2. The maximum absolute atomic E-state index is 11.5. The number of carbonyl (C=O) groups is 1. The van der Waals surface area contributed by atoms with Crippen LogP contribution >= 0.6 is 0 Å². The average molecular weight is 262 g/mol. The van der Waals surface area contributed by atoms with Gasteiger partial charge < -0.3 is 14.2 Å². The third-order valence-electron chi connectivity index (χ3n) is 2.19. The Bertz CT molecular complexity index is 417. The summed E-state index contributed by atoms with van der Waals surface area (Å²) in [6.45, 7) is 3.74. The quantitative estimate of drug-likeness (QED) is 0.408. The van der Waals surface area contributed by atoms with E-state index < -0.39 is 0 Å². The summed E-state index contributed by atoms with van der Waals surface area (Å²) in [4.78, 5) is 11.5. The summed E-state index contributed by atoms with van der Waals surface area (Å²) in [5, 5.41) is 0. The van der Waals surface area contributed by atoms with Crippen molar-refractivity contribution in [3.8, 4) is 11.8 Å². The first-order valence-electron chi connectivity index (χ1n) is 6.12. The van der Waals surface area contributed by atoms with E-state index >= 15 is 0 Å². The van der Waals surface area contributed by atoms with Crippen LogP contribution in [-0.2, 0) is 14.2 Å². The van der Waals surface area contributed by atoms with E-state index in [4.69, 9.17) is 14.2 Å². The lowest BCUT2D eigenvalue weighted by molar-refractivity contribution is 0.0186. The molecule has 0 aliphatic rings. The van der Waals surface area contributed by atoms with E-state index in [1.807, 2.05) is 6.07 Å². The van der Waals surface area contributed by atoms with Gasteiger partial charge in [-0.25, -0.2) is 4.79 Å². The number of rotatable bonds is 8. The third kappa shape index (κ3) is 7.24. The van der Waals surface area contributed by atoms with Gasteiger partial charge in [-0.15, -0.1) is 5.92 Å². The SMILES string of the molecule is CC#CCOCCOCCOC(=O)c1ccccc1. The molecule has 0 aliphatic carbocycles. The molecule has 0 unspecified atom stereocenters. The van der Waals surface area contributed by atoms with E-state index in [1.54, 1.807) is 31.2 Å². The van der Waals surface area contributed by atoms with Crippen molar-refractivity contribution >= 4 is 5.97 Å². The molecule has 4 heteroatoms. The van der Waals surface area contributed by atoms with Gasteiger partial charge in [-0.1, -0.05) is 24.1 Å². The van der Waals surface area contributed by atoms with Crippen LogP contribution in [0.2, 0.25) is 0 Å². The zero-order chi connectivity index (χ0) is 13.8. The van der Waals surface area contributed by atoms with E-state index in [-0.39, 0.29) is 12.6 Å². The van der Waals surface area contributed by atoms with Crippen molar-refractivity contribution in [2.75, 3.05) is 33.0 Å².